The van der Waals surface area contributed by atoms with Crippen LogP contribution in [0.3, 0.4) is 0 Å². The molecule has 1 aromatic rings. The van der Waals surface area contributed by atoms with Gasteiger partial charge in [-0.1, -0.05) is 18.2 Å². The first kappa shape index (κ1) is 16.8. The average Bonchev–Trinajstić information content (AvgIpc) is 2.40. The second-order valence-electron chi connectivity index (χ2n) is 4.06. The Bertz CT molecular complexity index is 438. The maximum atomic E-state index is 11.9. The van der Waals surface area contributed by atoms with Gasteiger partial charge in [-0.05, 0) is 43.4 Å². The Morgan fingerprint density at radius 1 is 1.25 bits per heavy atom. The Kier molecular flexibility index (Phi) is 6.87. The van der Waals surface area contributed by atoms with E-state index in [1.165, 1.54) is 0 Å². The lowest BCUT2D eigenvalue weighted by Crippen LogP contribution is -2.27. The monoisotopic (exact) mass is 306 g/mol. The van der Waals surface area contributed by atoms with Crippen molar-refractivity contribution < 1.29 is 18.0 Å². The molecule has 0 unspecified atom stereocenters. The minimum absolute atomic E-state index is 0.0105. The zero-order chi connectivity index (χ0) is 15.0. The fourth-order valence-corrected chi connectivity index (χ4v) is 2.08. The molecule has 0 aliphatic rings. The average molecular weight is 306 g/mol. The molecule has 0 heterocycles. The van der Waals surface area contributed by atoms with Gasteiger partial charge in [-0.15, -0.1) is 0 Å². The third-order valence-electron chi connectivity index (χ3n) is 2.56. The van der Waals surface area contributed by atoms with Gasteiger partial charge in [-0.2, -0.15) is 13.2 Å². The number of hydrogen-bond acceptors (Lipinski definition) is 3. The summed E-state index contributed by atoms with van der Waals surface area (Å²) < 4.78 is 35.8. The standard InChI is InChI=1S/C13H17F3N2OS/c1-17-7-6-10-4-2-3-5-11(10)12(19)18-8-9-20-13(14,15)16/h2-5,17H,6-9H2,1H3,(H,18,19). The topological polar surface area (TPSA) is 41.1 Å². The van der Waals surface area contributed by atoms with E-state index in [9.17, 15) is 18.0 Å². The number of carbonyl (C=O) groups excluding carboxylic acids is 1. The highest BCUT2D eigenvalue weighted by atomic mass is 32.2. The van der Waals surface area contributed by atoms with E-state index in [1.807, 2.05) is 19.2 Å². The van der Waals surface area contributed by atoms with Crippen molar-refractivity contribution >= 4 is 17.7 Å². The summed E-state index contributed by atoms with van der Waals surface area (Å²) in [4.78, 5) is 11.9. The van der Waals surface area contributed by atoms with Gasteiger partial charge < -0.3 is 10.6 Å². The highest BCUT2D eigenvalue weighted by Gasteiger charge is 2.27. The molecule has 0 saturated carbocycles. The Hall–Kier alpha value is -1.21. The van der Waals surface area contributed by atoms with Crippen molar-refractivity contribution in [2.45, 2.75) is 11.9 Å². The van der Waals surface area contributed by atoms with E-state index < -0.39 is 5.51 Å². The number of halogens is 3. The molecule has 7 heteroatoms. The smallest absolute Gasteiger partial charge is 0.351 e. The molecule has 3 nitrogen and oxygen atoms in total. The van der Waals surface area contributed by atoms with Gasteiger partial charge in [0.05, 0.1) is 0 Å². The van der Waals surface area contributed by atoms with Crippen LogP contribution in [0.4, 0.5) is 13.2 Å². The van der Waals surface area contributed by atoms with Gasteiger partial charge in [0.2, 0.25) is 0 Å². The fraction of sp³-hybridized carbons (Fsp3) is 0.462. The number of nitrogens with one attached hydrogen (secondary N) is 2. The molecule has 112 valence electrons. The first-order chi connectivity index (χ1) is 9.44. The molecular weight excluding hydrogens is 289 g/mol. The number of thioether (sulfide) groups is 1. The Balaban J connectivity index is 2.50. The zero-order valence-electron chi connectivity index (χ0n) is 11.1. The molecule has 1 amide bonds. The lowest BCUT2D eigenvalue weighted by molar-refractivity contribution is -0.0327. The van der Waals surface area contributed by atoms with Crippen LogP contribution in [0.1, 0.15) is 15.9 Å². The lowest BCUT2D eigenvalue weighted by atomic mass is 10.0. The first-order valence-corrected chi connectivity index (χ1v) is 7.14. The highest BCUT2D eigenvalue weighted by molar-refractivity contribution is 8.00. The summed E-state index contributed by atoms with van der Waals surface area (Å²) in [6.07, 6.45) is 0.692. The largest absolute Gasteiger partial charge is 0.441 e. The molecule has 0 saturated heterocycles. The van der Waals surface area contributed by atoms with Crippen LogP contribution < -0.4 is 10.6 Å². The first-order valence-electron chi connectivity index (χ1n) is 6.15. The van der Waals surface area contributed by atoms with E-state index in [0.29, 0.717) is 12.0 Å². The van der Waals surface area contributed by atoms with Gasteiger partial charge in [0.15, 0.2) is 0 Å². The third kappa shape index (κ3) is 6.29. The number of rotatable bonds is 7. The summed E-state index contributed by atoms with van der Waals surface area (Å²) >= 11 is -0.136. The van der Waals surface area contributed by atoms with Crippen molar-refractivity contribution in [3.05, 3.63) is 35.4 Å². The van der Waals surface area contributed by atoms with E-state index in [2.05, 4.69) is 10.6 Å². The number of likely N-dealkylation sites (N-methyl/N-ethyl adjacent to an activating group) is 1. The molecule has 0 aliphatic carbocycles. The van der Waals surface area contributed by atoms with Crippen molar-refractivity contribution in [1.29, 1.82) is 0 Å². The molecule has 0 bridgehead atoms. The minimum Gasteiger partial charge on any atom is -0.351 e. The molecule has 0 aromatic heterocycles. The van der Waals surface area contributed by atoms with Crippen LogP contribution in [0.2, 0.25) is 0 Å². The fourth-order valence-electron chi connectivity index (χ4n) is 1.65. The van der Waals surface area contributed by atoms with Crippen molar-refractivity contribution in [3.63, 3.8) is 0 Å². The maximum absolute atomic E-state index is 11.9. The predicted octanol–water partition coefficient (Wildman–Crippen LogP) is 2.43. The van der Waals surface area contributed by atoms with Crippen molar-refractivity contribution in [2.75, 3.05) is 25.9 Å². The Morgan fingerprint density at radius 3 is 2.60 bits per heavy atom. The van der Waals surface area contributed by atoms with Crippen molar-refractivity contribution in [1.82, 2.24) is 10.6 Å². The quantitative estimate of drug-likeness (QED) is 0.760. The van der Waals surface area contributed by atoms with E-state index in [0.717, 1.165) is 12.1 Å². The van der Waals surface area contributed by atoms with E-state index in [1.54, 1.807) is 12.1 Å². The zero-order valence-corrected chi connectivity index (χ0v) is 11.9. The normalized spacial score (nSPS) is 11.4. The SMILES string of the molecule is CNCCc1ccccc1C(=O)NCCSC(F)(F)F. The van der Waals surface area contributed by atoms with E-state index in [-0.39, 0.29) is 30.0 Å². The van der Waals surface area contributed by atoms with Crippen molar-refractivity contribution in [3.8, 4) is 0 Å². The van der Waals surface area contributed by atoms with Crippen LogP contribution in [0, 0.1) is 0 Å². The van der Waals surface area contributed by atoms with Gasteiger partial charge in [-0.3, -0.25) is 4.79 Å². The summed E-state index contributed by atoms with van der Waals surface area (Å²) in [7, 11) is 1.82. The van der Waals surface area contributed by atoms with Crippen LogP contribution in [-0.2, 0) is 6.42 Å². The predicted molar refractivity (Wildman–Crippen MR) is 74.9 cm³/mol. The second kappa shape index (κ2) is 8.16. The molecule has 1 aromatic carbocycles. The molecule has 1 rings (SSSR count). The molecule has 0 fully saturated rings. The summed E-state index contributed by atoms with van der Waals surface area (Å²) in [5.41, 5.74) is -2.86. The van der Waals surface area contributed by atoms with E-state index >= 15 is 0 Å². The lowest BCUT2D eigenvalue weighted by Gasteiger charge is -2.10. The van der Waals surface area contributed by atoms with Crippen LogP contribution >= 0.6 is 11.8 Å². The Labute approximate surface area is 120 Å². The van der Waals surface area contributed by atoms with Gasteiger partial charge in [-0.25, -0.2) is 0 Å². The van der Waals surface area contributed by atoms with Gasteiger partial charge >= 0.3 is 5.51 Å². The summed E-state index contributed by atoms with van der Waals surface area (Å²) in [6.45, 7) is 0.720. The molecule has 0 radical (unpaired) electrons. The number of alkyl halides is 3. The Morgan fingerprint density at radius 2 is 1.95 bits per heavy atom. The molecule has 0 atom stereocenters. The molecular formula is C13H17F3N2OS. The number of carbonyl (C=O) groups is 1. The van der Waals surface area contributed by atoms with Crippen LogP contribution in [-0.4, -0.2) is 37.3 Å². The molecule has 0 aliphatic heterocycles. The minimum atomic E-state index is -4.25. The summed E-state index contributed by atoms with van der Waals surface area (Å²) in [6, 6.07) is 7.09. The number of benzene rings is 1. The van der Waals surface area contributed by atoms with E-state index in [4.69, 9.17) is 0 Å². The number of hydrogen-bond donors (Lipinski definition) is 2. The maximum Gasteiger partial charge on any atom is 0.441 e. The second-order valence-corrected chi connectivity index (χ2v) is 5.22. The molecule has 0 spiro atoms. The van der Waals surface area contributed by atoms with Gasteiger partial charge in [0.1, 0.15) is 0 Å². The van der Waals surface area contributed by atoms with Gasteiger partial charge in [0.25, 0.3) is 5.91 Å². The van der Waals surface area contributed by atoms with Crippen LogP contribution in [0.25, 0.3) is 0 Å². The van der Waals surface area contributed by atoms with Gasteiger partial charge in [0, 0.05) is 17.9 Å². The molecule has 20 heavy (non-hydrogen) atoms. The summed E-state index contributed by atoms with van der Waals surface area (Å²) in [5.74, 6) is -0.520. The molecule has 2 N–H and O–H groups in total. The van der Waals surface area contributed by atoms with Crippen LogP contribution in [0.15, 0.2) is 24.3 Å². The van der Waals surface area contributed by atoms with Crippen LogP contribution in [0.5, 0.6) is 0 Å². The van der Waals surface area contributed by atoms with Crippen molar-refractivity contribution in [2.24, 2.45) is 0 Å². The highest BCUT2D eigenvalue weighted by Crippen LogP contribution is 2.29. The third-order valence-corrected chi connectivity index (χ3v) is 3.30. The summed E-state index contributed by atoms with van der Waals surface area (Å²) in [5, 5.41) is 5.50. The number of amides is 1.